The van der Waals surface area contributed by atoms with Gasteiger partial charge < -0.3 is 30.2 Å². The number of β-amino-alcohol motifs (C(OH)–C–C–N with tert-alkyl or cyclic N) is 1. The van der Waals surface area contributed by atoms with E-state index in [-0.39, 0.29) is 17.7 Å². The Hall–Kier alpha value is -2.72. The number of nitrogens with one attached hydrogen (secondary N) is 1. The van der Waals surface area contributed by atoms with E-state index in [1.807, 2.05) is 6.07 Å². The molecule has 206 valence electrons. The molecule has 4 saturated heterocycles. The number of benzene rings is 1. The normalized spacial score (nSPS) is 35.2. The van der Waals surface area contributed by atoms with Crippen LogP contribution in [0.3, 0.4) is 0 Å². The molecule has 8 rings (SSSR count). The number of hydrogen-bond acceptors (Lipinski definition) is 8. The maximum atomic E-state index is 9.66. The van der Waals surface area contributed by atoms with E-state index in [0.717, 1.165) is 86.1 Å². The highest BCUT2D eigenvalue weighted by Crippen LogP contribution is 2.53. The van der Waals surface area contributed by atoms with E-state index in [2.05, 4.69) is 44.2 Å². The molecule has 2 atom stereocenters. The van der Waals surface area contributed by atoms with E-state index in [4.69, 9.17) is 20.2 Å². The third-order valence-corrected chi connectivity index (χ3v) is 10.5. The fraction of sp³-hybridized carbons (Fsp3) is 0.600. The Bertz CT molecular complexity index is 1390. The Kier molecular flexibility index (Phi) is 5.50. The highest BCUT2D eigenvalue weighted by molar-refractivity contribution is 6.00. The first-order valence-corrected chi connectivity index (χ1v) is 14.7. The van der Waals surface area contributed by atoms with Gasteiger partial charge in [-0.25, -0.2) is 9.97 Å². The van der Waals surface area contributed by atoms with Gasteiger partial charge in [-0.2, -0.15) is 0 Å². The lowest BCUT2D eigenvalue weighted by molar-refractivity contribution is -0.0198. The van der Waals surface area contributed by atoms with E-state index in [1.54, 1.807) is 6.33 Å². The van der Waals surface area contributed by atoms with Gasteiger partial charge in [-0.1, -0.05) is 12.1 Å². The number of piperazine rings is 1. The zero-order valence-corrected chi connectivity index (χ0v) is 22.4. The first-order valence-electron chi connectivity index (χ1n) is 14.7. The molecule has 3 aromatic rings. The van der Waals surface area contributed by atoms with Crippen LogP contribution >= 0.6 is 0 Å². The van der Waals surface area contributed by atoms with Crippen LogP contribution in [0, 0.1) is 5.92 Å². The molecule has 1 aromatic carbocycles. The zero-order chi connectivity index (χ0) is 26.2. The van der Waals surface area contributed by atoms with Crippen molar-refractivity contribution in [2.24, 2.45) is 5.92 Å². The number of nitrogens with zero attached hydrogens (tertiary/aromatic N) is 4. The Morgan fingerprint density at radius 1 is 1.21 bits per heavy atom. The van der Waals surface area contributed by atoms with E-state index in [9.17, 15) is 5.11 Å². The number of ether oxygens (including phenoxy) is 2. The van der Waals surface area contributed by atoms with Crippen LogP contribution in [0.2, 0.25) is 0 Å². The number of anilines is 1. The van der Waals surface area contributed by atoms with Crippen LogP contribution in [-0.2, 0) is 4.74 Å². The first kappa shape index (κ1) is 24.1. The van der Waals surface area contributed by atoms with Crippen molar-refractivity contribution in [1.29, 1.82) is 0 Å². The molecule has 4 aliphatic heterocycles. The fourth-order valence-electron chi connectivity index (χ4n) is 8.43. The highest BCUT2D eigenvalue weighted by Gasteiger charge is 2.57. The number of rotatable bonds is 8. The number of aliphatic hydroxyl groups excluding tert-OH is 1. The molecule has 0 amide bonds. The van der Waals surface area contributed by atoms with Gasteiger partial charge in [-0.3, -0.25) is 4.90 Å². The van der Waals surface area contributed by atoms with Gasteiger partial charge >= 0.3 is 0 Å². The van der Waals surface area contributed by atoms with Crippen LogP contribution in [0.25, 0.3) is 22.2 Å². The van der Waals surface area contributed by atoms with Crippen LogP contribution in [-0.4, -0.2) is 80.7 Å². The first-order chi connectivity index (χ1) is 19.1. The molecular formula is C30H38N6O3. The van der Waals surface area contributed by atoms with E-state index < -0.39 is 0 Å². The minimum Gasteiger partial charge on any atom is -0.491 e. The van der Waals surface area contributed by atoms with Gasteiger partial charge in [-0.05, 0) is 68.6 Å². The number of nitrogen functional groups attached to an aromatic ring is 1. The second-order valence-electron chi connectivity index (χ2n) is 12.6. The van der Waals surface area contributed by atoms with Gasteiger partial charge in [0.25, 0.3) is 0 Å². The standard InChI is InChI=1S/C30H38N6O3/c31-27-26-25(19-2-1-3-24(10-19)38-17-29-6-4-23(39-29)5-7-29)15-36(28(26)34-18-33-27)22-11-20(12-22)30-13-21(32-16-30)14-35(30)8-9-37/h1-3,10,15,18,20-23,32,37H,4-9,11-14,16-17H2,(H2,31,33,34). The maximum absolute atomic E-state index is 9.66. The van der Waals surface area contributed by atoms with Crippen molar-refractivity contribution in [2.45, 2.75) is 74.3 Å². The highest BCUT2D eigenvalue weighted by atomic mass is 16.6. The second kappa shape index (κ2) is 8.89. The summed E-state index contributed by atoms with van der Waals surface area (Å²) in [5, 5.41) is 14.3. The average Bonchev–Trinajstić information content (AvgIpc) is 3.74. The zero-order valence-electron chi connectivity index (χ0n) is 22.4. The molecule has 4 bridgehead atoms. The number of likely N-dealkylation sites (tertiary alicyclic amines) is 1. The minimum absolute atomic E-state index is 0.101. The van der Waals surface area contributed by atoms with Crippen LogP contribution in [0.15, 0.2) is 36.8 Å². The molecule has 5 fully saturated rings. The van der Waals surface area contributed by atoms with Crippen LogP contribution in [0.1, 0.15) is 51.0 Å². The number of nitrogens with two attached hydrogens (primary N) is 1. The van der Waals surface area contributed by atoms with E-state index >= 15 is 0 Å². The molecule has 2 aromatic heterocycles. The third kappa shape index (κ3) is 3.74. The molecule has 5 aliphatic rings. The Morgan fingerprint density at radius 2 is 2.08 bits per heavy atom. The number of aliphatic hydroxyl groups is 1. The summed E-state index contributed by atoms with van der Waals surface area (Å²) in [5.74, 6) is 1.98. The number of aromatic nitrogens is 3. The summed E-state index contributed by atoms with van der Waals surface area (Å²) in [7, 11) is 0. The van der Waals surface area contributed by atoms with E-state index in [1.165, 1.54) is 6.42 Å². The van der Waals surface area contributed by atoms with Gasteiger partial charge in [-0.15, -0.1) is 0 Å². The van der Waals surface area contributed by atoms with Crippen molar-refractivity contribution in [3.8, 4) is 16.9 Å². The summed E-state index contributed by atoms with van der Waals surface area (Å²) in [6.07, 6.45) is 12.1. The Morgan fingerprint density at radius 3 is 2.85 bits per heavy atom. The van der Waals surface area contributed by atoms with E-state index in [0.29, 0.717) is 36.5 Å². The fourth-order valence-corrected chi connectivity index (χ4v) is 8.43. The quantitative estimate of drug-likeness (QED) is 0.408. The number of hydrogen-bond donors (Lipinski definition) is 3. The maximum Gasteiger partial charge on any atom is 0.146 e. The summed E-state index contributed by atoms with van der Waals surface area (Å²) in [6.45, 7) is 3.68. The number of fused-ring (bicyclic) bond motifs is 5. The molecule has 0 radical (unpaired) electrons. The molecule has 1 aliphatic carbocycles. The minimum atomic E-state index is -0.101. The molecule has 0 spiro atoms. The lowest BCUT2D eigenvalue weighted by Gasteiger charge is -2.51. The largest absolute Gasteiger partial charge is 0.491 e. The van der Waals surface area contributed by atoms with Gasteiger partial charge in [0.05, 0.1) is 18.1 Å². The summed E-state index contributed by atoms with van der Waals surface area (Å²) in [6, 6.07) is 9.24. The summed E-state index contributed by atoms with van der Waals surface area (Å²) >= 11 is 0. The molecule has 4 N–H and O–H groups in total. The van der Waals surface area contributed by atoms with Crippen molar-refractivity contribution in [2.75, 3.05) is 38.6 Å². The van der Waals surface area contributed by atoms with Gasteiger partial charge in [0, 0.05) is 49.0 Å². The second-order valence-corrected chi connectivity index (χ2v) is 12.6. The molecule has 2 unspecified atom stereocenters. The molecule has 9 nitrogen and oxygen atoms in total. The lowest BCUT2D eigenvalue weighted by Crippen LogP contribution is -2.60. The predicted molar refractivity (Wildman–Crippen MR) is 149 cm³/mol. The van der Waals surface area contributed by atoms with Crippen molar-refractivity contribution < 1.29 is 14.6 Å². The molecule has 6 heterocycles. The SMILES string of the molecule is Nc1ncnc2c1c(-c1cccc(OCC34CCC(CC3)O4)c1)cn2C1CC(C23CNC(CN2CCO)C3)C1. The van der Waals surface area contributed by atoms with Crippen molar-refractivity contribution in [3.05, 3.63) is 36.8 Å². The molecule has 1 saturated carbocycles. The summed E-state index contributed by atoms with van der Waals surface area (Å²) < 4.78 is 14.9. The smallest absolute Gasteiger partial charge is 0.146 e. The van der Waals surface area contributed by atoms with Gasteiger partial charge in [0.2, 0.25) is 0 Å². The molecule has 9 heteroatoms. The molecule has 39 heavy (non-hydrogen) atoms. The van der Waals surface area contributed by atoms with Crippen molar-refractivity contribution in [1.82, 2.24) is 24.8 Å². The topological polar surface area (TPSA) is 111 Å². The lowest BCUT2D eigenvalue weighted by atomic mass is 9.67. The van der Waals surface area contributed by atoms with Gasteiger partial charge in [0.1, 0.15) is 35.7 Å². The van der Waals surface area contributed by atoms with Crippen LogP contribution in [0.4, 0.5) is 5.82 Å². The monoisotopic (exact) mass is 530 g/mol. The summed E-state index contributed by atoms with van der Waals surface area (Å²) in [5.41, 5.74) is 9.56. The van der Waals surface area contributed by atoms with Crippen molar-refractivity contribution >= 4 is 16.9 Å². The third-order valence-electron chi connectivity index (χ3n) is 10.5. The summed E-state index contributed by atoms with van der Waals surface area (Å²) in [4.78, 5) is 11.6. The molecular weight excluding hydrogens is 492 g/mol. The predicted octanol–water partition coefficient (Wildman–Crippen LogP) is 3.13. The Balaban J connectivity index is 1.06. The van der Waals surface area contributed by atoms with Crippen LogP contribution < -0.4 is 15.8 Å². The Labute approximate surface area is 228 Å². The van der Waals surface area contributed by atoms with Crippen molar-refractivity contribution in [3.63, 3.8) is 0 Å². The van der Waals surface area contributed by atoms with Gasteiger partial charge in [0.15, 0.2) is 0 Å². The average molecular weight is 531 g/mol. The van der Waals surface area contributed by atoms with Crippen LogP contribution in [0.5, 0.6) is 5.75 Å².